The molecule has 1 aromatic heterocycles. The number of nitrogens with zero attached hydrogens (tertiary/aromatic N) is 4. The third-order valence-electron chi connectivity index (χ3n) is 5.82. The van der Waals surface area contributed by atoms with Crippen LogP contribution in [0, 0.1) is 0 Å². The third kappa shape index (κ3) is 5.29. The van der Waals surface area contributed by atoms with Crippen molar-refractivity contribution in [3.8, 4) is 0 Å². The van der Waals surface area contributed by atoms with Crippen LogP contribution in [0.1, 0.15) is 31.4 Å². The molecule has 8 heteroatoms. The first-order chi connectivity index (χ1) is 13.0. The van der Waals surface area contributed by atoms with Gasteiger partial charge in [0.25, 0.3) is 0 Å². The number of hydrogen-bond acceptors (Lipinski definition) is 5. The Morgan fingerprint density at radius 1 is 1.22 bits per heavy atom. The molecule has 2 saturated heterocycles. The van der Waals surface area contributed by atoms with Crippen LogP contribution in [0.15, 0.2) is 12.3 Å². The van der Waals surface area contributed by atoms with Crippen LogP contribution >= 0.6 is 0 Å². The summed E-state index contributed by atoms with van der Waals surface area (Å²) in [4.78, 5) is 28.8. The number of hydrogen-bond donors (Lipinski definition) is 1. The van der Waals surface area contributed by atoms with Crippen LogP contribution in [0.5, 0.6) is 0 Å². The molecule has 1 N–H and O–H groups in total. The number of aryl methyl sites for hydroxylation is 2. The van der Waals surface area contributed by atoms with E-state index >= 15 is 0 Å². The van der Waals surface area contributed by atoms with Gasteiger partial charge in [0.05, 0.1) is 13.2 Å². The lowest BCUT2D eigenvalue weighted by molar-refractivity contribution is -0.136. The number of likely N-dealkylation sites (tertiary alicyclic amines) is 1. The van der Waals surface area contributed by atoms with E-state index in [2.05, 4.69) is 22.4 Å². The van der Waals surface area contributed by atoms with Crippen LogP contribution in [-0.2, 0) is 27.8 Å². The van der Waals surface area contributed by atoms with E-state index in [1.807, 2.05) is 18.0 Å². The quantitative estimate of drug-likeness (QED) is 0.733. The van der Waals surface area contributed by atoms with E-state index < -0.39 is 0 Å². The zero-order valence-electron chi connectivity index (χ0n) is 16.4. The average molecular weight is 377 g/mol. The second-order valence-corrected chi connectivity index (χ2v) is 7.50. The average Bonchev–Trinajstić information content (AvgIpc) is 3.25. The summed E-state index contributed by atoms with van der Waals surface area (Å²) in [6.07, 6.45) is 5.48. The van der Waals surface area contributed by atoms with Crippen LogP contribution in [-0.4, -0.2) is 83.4 Å². The molecule has 0 aliphatic carbocycles. The minimum absolute atomic E-state index is 0.0671. The first-order valence-corrected chi connectivity index (χ1v) is 9.85. The highest BCUT2D eigenvalue weighted by molar-refractivity contribution is 5.77. The van der Waals surface area contributed by atoms with Gasteiger partial charge in [0.2, 0.25) is 11.8 Å². The van der Waals surface area contributed by atoms with Gasteiger partial charge in [-0.1, -0.05) is 0 Å². The highest BCUT2D eigenvalue weighted by Gasteiger charge is 2.33. The van der Waals surface area contributed by atoms with Crippen LogP contribution in [0.2, 0.25) is 0 Å². The minimum Gasteiger partial charge on any atom is -0.378 e. The molecule has 0 radical (unpaired) electrons. The van der Waals surface area contributed by atoms with Crippen molar-refractivity contribution in [3.05, 3.63) is 18.0 Å². The van der Waals surface area contributed by atoms with Gasteiger partial charge in [-0.05, 0) is 32.4 Å². The Morgan fingerprint density at radius 2 is 1.96 bits per heavy atom. The number of aromatic nitrogens is 2. The van der Waals surface area contributed by atoms with Gasteiger partial charge in [-0.2, -0.15) is 5.10 Å². The summed E-state index contributed by atoms with van der Waals surface area (Å²) in [5.74, 6) is 0.286. The second-order valence-electron chi connectivity index (χ2n) is 7.50. The molecule has 2 amide bonds. The lowest BCUT2D eigenvalue weighted by Crippen LogP contribution is -2.45. The first-order valence-electron chi connectivity index (χ1n) is 9.85. The molecule has 2 aliphatic heterocycles. The predicted octanol–water partition coefficient (Wildman–Crippen LogP) is 0.181. The highest BCUT2D eigenvalue weighted by Crippen LogP contribution is 2.25. The summed E-state index contributed by atoms with van der Waals surface area (Å²) in [5.41, 5.74) is 1.06. The van der Waals surface area contributed by atoms with Crippen molar-refractivity contribution in [2.75, 3.05) is 39.9 Å². The Kier molecular flexibility index (Phi) is 6.84. The Hall–Kier alpha value is -1.93. The monoisotopic (exact) mass is 377 g/mol. The summed E-state index contributed by atoms with van der Waals surface area (Å²) >= 11 is 0. The minimum atomic E-state index is 0.0671. The fourth-order valence-electron chi connectivity index (χ4n) is 3.93. The van der Waals surface area contributed by atoms with Crippen LogP contribution < -0.4 is 5.32 Å². The standard InChI is InChI=1S/C19H31N5O3/c1-22-16(13-19(26)24-9-11-27-12-10-24)3-4-17(22)14-20-18(25)6-5-15-7-8-21-23(15)2/h7-8,16-17H,3-6,9-14H2,1-2H3,(H,20,25)/t16-,17+/m1/s1. The zero-order chi connectivity index (χ0) is 19.2. The van der Waals surface area contributed by atoms with E-state index in [9.17, 15) is 9.59 Å². The van der Waals surface area contributed by atoms with Gasteiger partial charge >= 0.3 is 0 Å². The summed E-state index contributed by atoms with van der Waals surface area (Å²) in [6, 6.07) is 2.50. The molecule has 2 fully saturated rings. The summed E-state index contributed by atoms with van der Waals surface area (Å²) in [5, 5.41) is 7.17. The summed E-state index contributed by atoms with van der Waals surface area (Å²) in [6.45, 7) is 3.32. The Labute approximate surface area is 160 Å². The van der Waals surface area contributed by atoms with Crippen molar-refractivity contribution in [3.63, 3.8) is 0 Å². The smallest absolute Gasteiger partial charge is 0.224 e. The van der Waals surface area contributed by atoms with Gasteiger partial charge in [0.15, 0.2) is 0 Å². The second kappa shape index (κ2) is 9.32. The molecule has 150 valence electrons. The Morgan fingerprint density at radius 3 is 2.67 bits per heavy atom. The summed E-state index contributed by atoms with van der Waals surface area (Å²) < 4.78 is 7.11. The van der Waals surface area contributed by atoms with Crippen LogP contribution in [0.25, 0.3) is 0 Å². The highest BCUT2D eigenvalue weighted by atomic mass is 16.5. The molecule has 8 nitrogen and oxygen atoms in total. The lowest BCUT2D eigenvalue weighted by Gasteiger charge is -2.30. The van der Waals surface area contributed by atoms with E-state index in [4.69, 9.17) is 4.74 Å². The SMILES string of the molecule is CN1[C@@H](CC(=O)N2CCOCC2)CC[C@H]1CNC(=O)CCc1ccnn1C. The molecule has 1 aromatic rings. The van der Waals surface area contributed by atoms with Gasteiger partial charge in [0.1, 0.15) is 0 Å². The topological polar surface area (TPSA) is 79.7 Å². The molecule has 0 spiro atoms. The number of ether oxygens (including phenoxy) is 1. The van der Waals surface area contributed by atoms with Gasteiger partial charge in [0, 0.05) is 63.5 Å². The lowest BCUT2D eigenvalue weighted by atomic mass is 10.1. The number of carbonyl (C=O) groups excluding carboxylic acids is 2. The van der Waals surface area contributed by atoms with E-state index in [0.29, 0.717) is 58.2 Å². The van der Waals surface area contributed by atoms with Crippen molar-refractivity contribution in [1.29, 1.82) is 0 Å². The van der Waals surface area contributed by atoms with Crippen LogP contribution in [0.3, 0.4) is 0 Å². The van der Waals surface area contributed by atoms with Crippen molar-refractivity contribution in [1.82, 2.24) is 24.9 Å². The molecule has 0 unspecified atom stereocenters. The summed E-state index contributed by atoms with van der Waals surface area (Å²) in [7, 11) is 3.95. The molecular formula is C19H31N5O3. The van der Waals surface area contributed by atoms with Gasteiger partial charge in [-0.3, -0.25) is 19.2 Å². The van der Waals surface area contributed by atoms with Crippen molar-refractivity contribution < 1.29 is 14.3 Å². The molecule has 3 heterocycles. The van der Waals surface area contributed by atoms with E-state index in [1.165, 1.54) is 0 Å². The van der Waals surface area contributed by atoms with Crippen LogP contribution in [0.4, 0.5) is 0 Å². The number of morpholine rings is 1. The van der Waals surface area contributed by atoms with E-state index in [-0.39, 0.29) is 17.9 Å². The molecule has 3 rings (SSSR count). The molecule has 27 heavy (non-hydrogen) atoms. The van der Waals surface area contributed by atoms with Gasteiger partial charge in [-0.15, -0.1) is 0 Å². The number of likely N-dealkylation sites (N-methyl/N-ethyl adjacent to an activating group) is 1. The molecule has 0 saturated carbocycles. The number of nitrogens with one attached hydrogen (secondary N) is 1. The largest absolute Gasteiger partial charge is 0.378 e. The maximum absolute atomic E-state index is 12.5. The maximum atomic E-state index is 12.5. The predicted molar refractivity (Wildman–Crippen MR) is 101 cm³/mol. The van der Waals surface area contributed by atoms with Crippen molar-refractivity contribution >= 4 is 11.8 Å². The molecule has 0 bridgehead atoms. The zero-order valence-corrected chi connectivity index (χ0v) is 16.4. The van der Waals surface area contributed by atoms with E-state index in [0.717, 1.165) is 18.5 Å². The Bertz CT molecular complexity index is 641. The maximum Gasteiger partial charge on any atom is 0.224 e. The van der Waals surface area contributed by atoms with Crippen molar-refractivity contribution in [2.45, 2.75) is 44.2 Å². The number of carbonyl (C=O) groups is 2. The van der Waals surface area contributed by atoms with E-state index in [1.54, 1.807) is 10.9 Å². The fraction of sp³-hybridized carbons (Fsp3) is 0.737. The third-order valence-corrected chi connectivity index (χ3v) is 5.82. The fourth-order valence-corrected chi connectivity index (χ4v) is 3.93. The number of amides is 2. The Balaban J connectivity index is 1.38. The van der Waals surface area contributed by atoms with Gasteiger partial charge < -0.3 is 15.0 Å². The molecular weight excluding hydrogens is 346 g/mol. The first kappa shape index (κ1) is 19.8. The molecule has 0 aromatic carbocycles. The molecule has 2 atom stereocenters. The molecule has 2 aliphatic rings. The van der Waals surface area contributed by atoms with Crippen molar-refractivity contribution in [2.24, 2.45) is 7.05 Å². The normalized spacial score (nSPS) is 23.6. The number of rotatable bonds is 7. The van der Waals surface area contributed by atoms with Gasteiger partial charge in [-0.25, -0.2) is 0 Å².